The first-order valence-corrected chi connectivity index (χ1v) is 4.75. The third kappa shape index (κ3) is 2.77. The molecule has 0 saturated carbocycles. The Labute approximate surface area is 82.9 Å². The SMILES string of the molecule is CCCCNc1cccc(Cl)[n+]1[O-]. The quantitative estimate of drug-likeness (QED) is 0.350. The zero-order valence-corrected chi connectivity index (χ0v) is 8.34. The second-order valence-corrected chi connectivity index (χ2v) is 3.20. The summed E-state index contributed by atoms with van der Waals surface area (Å²) in [4.78, 5) is 0. The van der Waals surface area contributed by atoms with Gasteiger partial charge in [0.05, 0.1) is 6.54 Å². The largest absolute Gasteiger partial charge is 0.710 e. The van der Waals surface area contributed by atoms with Gasteiger partial charge in [-0.3, -0.25) is 5.32 Å². The van der Waals surface area contributed by atoms with Gasteiger partial charge in [-0.1, -0.05) is 13.3 Å². The van der Waals surface area contributed by atoms with Crippen molar-refractivity contribution in [3.05, 3.63) is 28.6 Å². The number of hydrogen-bond acceptors (Lipinski definition) is 2. The fraction of sp³-hybridized carbons (Fsp3) is 0.444. The molecule has 1 N–H and O–H groups in total. The highest BCUT2D eigenvalue weighted by molar-refractivity contribution is 6.28. The summed E-state index contributed by atoms with van der Waals surface area (Å²) in [5.74, 6) is 0.515. The minimum atomic E-state index is 0.196. The van der Waals surface area contributed by atoms with E-state index in [-0.39, 0.29) is 5.15 Å². The van der Waals surface area contributed by atoms with Crippen molar-refractivity contribution in [1.29, 1.82) is 0 Å². The molecule has 0 fully saturated rings. The van der Waals surface area contributed by atoms with Gasteiger partial charge < -0.3 is 5.21 Å². The van der Waals surface area contributed by atoms with E-state index in [2.05, 4.69) is 12.2 Å². The second-order valence-electron chi connectivity index (χ2n) is 2.81. The smallest absolute Gasteiger partial charge is 0.278 e. The molecule has 0 aromatic carbocycles. The lowest BCUT2D eigenvalue weighted by Gasteiger charge is -2.09. The van der Waals surface area contributed by atoms with Crippen LogP contribution in [0.25, 0.3) is 0 Å². The predicted molar refractivity (Wildman–Crippen MR) is 53.8 cm³/mol. The number of nitrogens with zero attached hydrogens (tertiary/aromatic N) is 1. The van der Waals surface area contributed by atoms with Crippen molar-refractivity contribution in [3.8, 4) is 0 Å². The number of anilines is 1. The molecule has 1 heterocycles. The maximum atomic E-state index is 11.3. The summed E-state index contributed by atoms with van der Waals surface area (Å²) in [5.41, 5.74) is 0. The van der Waals surface area contributed by atoms with E-state index in [0.29, 0.717) is 10.5 Å². The van der Waals surface area contributed by atoms with Gasteiger partial charge in [-0.25, -0.2) is 4.73 Å². The molecule has 1 aromatic rings. The monoisotopic (exact) mass is 200 g/mol. The van der Waals surface area contributed by atoms with Gasteiger partial charge in [0.25, 0.3) is 5.82 Å². The molecule has 0 radical (unpaired) electrons. The van der Waals surface area contributed by atoms with Crippen LogP contribution in [0, 0.1) is 5.21 Å². The van der Waals surface area contributed by atoms with Crippen LogP contribution in [0.5, 0.6) is 0 Å². The van der Waals surface area contributed by atoms with E-state index in [4.69, 9.17) is 11.6 Å². The van der Waals surface area contributed by atoms with Crippen molar-refractivity contribution in [2.45, 2.75) is 19.8 Å². The second kappa shape index (κ2) is 4.92. The maximum absolute atomic E-state index is 11.3. The van der Waals surface area contributed by atoms with E-state index in [0.717, 1.165) is 19.4 Å². The Balaban J connectivity index is 2.61. The minimum absolute atomic E-state index is 0.196. The van der Waals surface area contributed by atoms with E-state index in [1.165, 1.54) is 0 Å². The third-order valence-corrected chi connectivity index (χ3v) is 2.02. The Morgan fingerprint density at radius 1 is 1.54 bits per heavy atom. The Hall–Kier alpha value is -0.960. The minimum Gasteiger partial charge on any atom is -0.710 e. The zero-order chi connectivity index (χ0) is 9.68. The van der Waals surface area contributed by atoms with Crippen molar-refractivity contribution < 1.29 is 4.73 Å². The molecule has 0 spiro atoms. The van der Waals surface area contributed by atoms with Crippen molar-refractivity contribution in [2.24, 2.45) is 0 Å². The first-order chi connectivity index (χ1) is 6.25. The van der Waals surface area contributed by atoms with Crippen LogP contribution in [0.3, 0.4) is 0 Å². The van der Waals surface area contributed by atoms with Crippen LogP contribution in [0.15, 0.2) is 18.2 Å². The lowest BCUT2D eigenvalue weighted by atomic mass is 10.3. The van der Waals surface area contributed by atoms with Gasteiger partial charge in [0.2, 0.25) is 0 Å². The van der Waals surface area contributed by atoms with Crippen molar-refractivity contribution in [1.82, 2.24) is 0 Å². The number of aromatic nitrogens is 1. The van der Waals surface area contributed by atoms with Crippen LogP contribution in [0.2, 0.25) is 5.15 Å². The molecule has 0 aliphatic rings. The molecule has 72 valence electrons. The summed E-state index contributed by atoms with van der Waals surface area (Å²) in [6, 6.07) is 5.04. The van der Waals surface area contributed by atoms with Crippen LogP contribution in [0.4, 0.5) is 5.82 Å². The summed E-state index contributed by atoms with van der Waals surface area (Å²) in [6.45, 7) is 2.91. The van der Waals surface area contributed by atoms with Gasteiger partial charge in [-0.2, -0.15) is 0 Å². The van der Waals surface area contributed by atoms with Gasteiger partial charge in [0.1, 0.15) is 0 Å². The first kappa shape index (κ1) is 10.1. The zero-order valence-electron chi connectivity index (χ0n) is 7.59. The molecule has 0 aliphatic heterocycles. The lowest BCUT2D eigenvalue weighted by molar-refractivity contribution is -0.588. The highest BCUT2D eigenvalue weighted by Gasteiger charge is 2.04. The van der Waals surface area contributed by atoms with E-state index in [1.54, 1.807) is 18.2 Å². The molecule has 1 aromatic heterocycles. The summed E-state index contributed by atoms with van der Waals surface area (Å²) >= 11 is 5.64. The Morgan fingerprint density at radius 3 is 3.00 bits per heavy atom. The summed E-state index contributed by atoms with van der Waals surface area (Å²) in [5, 5.41) is 14.5. The standard InChI is InChI=1S/C9H13ClN2O/c1-2-3-7-11-9-6-4-5-8(10)12(9)13/h4-6,11H,2-3,7H2,1H3. The molecule has 13 heavy (non-hydrogen) atoms. The number of pyridine rings is 1. The van der Waals surface area contributed by atoms with E-state index in [1.807, 2.05) is 0 Å². The Kier molecular flexibility index (Phi) is 3.83. The van der Waals surface area contributed by atoms with E-state index < -0.39 is 0 Å². The van der Waals surface area contributed by atoms with E-state index in [9.17, 15) is 5.21 Å². The molecule has 0 atom stereocenters. The van der Waals surface area contributed by atoms with Crippen LogP contribution in [-0.2, 0) is 0 Å². The van der Waals surface area contributed by atoms with Gasteiger partial charge in [-0.05, 0) is 30.2 Å². The van der Waals surface area contributed by atoms with Gasteiger partial charge in [0.15, 0.2) is 5.15 Å². The highest BCUT2D eigenvalue weighted by atomic mass is 35.5. The molecule has 3 nitrogen and oxygen atoms in total. The van der Waals surface area contributed by atoms with Crippen molar-refractivity contribution >= 4 is 17.4 Å². The number of halogens is 1. The topological polar surface area (TPSA) is 39.0 Å². The Morgan fingerprint density at radius 2 is 2.31 bits per heavy atom. The van der Waals surface area contributed by atoms with Gasteiger partial charge in [0, 0.05) is 6.07 Å². The summed E-state index contributed by atoms with van der Waals surface area (Å²) in [6.07, 6.45) is 2.15. The third-order valence-electron chi connectivity index (χ3n) is 1.74. The molecule has 4 heteroatoms. The van der Waals surface area contributed by atoms with Crippen LogP contribution >= 0.6 is 11.6 Å². The summed E-state index contributed by atoms with van der Waals surface area (Å²) < 4.78 is 0.692. The first-order valence-electron chi connectivity index (χ1n) is 4.37. The van der Waals surface area contributed by atoms with Crippen LogP contribution in [-0.4, -0.2) is 6.54 Å². The average molecular weight is 201 g/mol. The molecule has 0 unspecified atom stereocenters. The highest BCUT2D eigenvalue weighted by Crippen LogP contribution is 2.06. The average Bonchev–Trinajstić information content (AvgIpc) is 2.13. The van der Waals surface area contributed by atoms with Gasteiger partial charge >= 0.3 is 0 Å². The van der Waals surface area contributed by atoms with Crippen LogP contribution < -0.4 is 10.0 Å². The van der Waals surface area contributed by atoms with Crippen molar-refractivity contribution in [3.63, 3.8) is 0 Å². The summed E-state index contributed by atoms with van der Waals surface area (Å²) in [7, 11) is 0. The van der Waals surface area contributed by atoms with E-state index >= 15 is 0 Å². The molecule has 0 amide bonds. The lowest BCUT2D eigenvalue weighted by Crippen LogP contribution is -2.32. The normalized spacial score (nSPS) is 10.0. The Bertz CT molecular complexity index is 278. The molecule has 1 rings (SSSR count). The fourth-order valence-corrected chi connectivity index (χ4v) is 1.16. The molecule has 0 saturated heterocycles. The number of rotatable bonds is 4. The molecule has 0 bridgehead atoms. The number of nitrogens with one attached hydrogen (secondary N) is 1. The van der Waals surface area contributed by atoms with Crippen LogP contribution in [0.1, 0.15) is 19.8 Å². The molecular formula is C9H13ClN2O. The molecular weight excluding hydrogens is 188 g/mol. The number of hydrogen-bond donors (Lipinski definition) is 1. The van der Waals surface area contributed by atoms with Gasteiger partial charge in [-0.15, -0.1) is 0 Å². The predicted octanol–water partition coefficient (Wildman–Crippen LogP) is 2.19. The number of unbranched alkanes of at least 4 members (excludes halogenated alkanes) is 1. The molecule has 0 aliphatic carbocycles. The van der Waals surface area contributed by atoms with Crippen molar-refractivity contribution in [2.75, 3.05) is 11.9 Å². The fourth-order valence-electron chi connectivity index (χ4n) is 0.993. The maximum Gasteiger partial charge on any atom is 0.278 e.